The Morgan fingerprint density at radius 1 is 1.27 bits per heavy atom. The van der Waals surface area contributed by atoms with Crippen LogP contribution in [0.25, 0.3) is 0 Å². The van der Waals surface area contributed by atoms with E-state index in [9.17, 15) is 9.59 Å². The van der Waals surface area contributed by atoms with Gasteiger partial charge < -0.3 is 23.8 Å². The van der Waals surface area contributed by atoms with Crippen LogP contribution in [-0.2, 0) is 11.2 Å². The maximum Gasteiger partial charge on any atom is 0.259 e. The monoisotopic (exact) mass is 417 g/mol. The number of methoxy groups -OCH3 is 2. The summed E-state index contributed by atoms with van der Waals surface area (Å²) in [4.78, 5) is 37.3. The minimum absolute atomic E-state index is 0.0433. The largest absolute Gasteiger partial charge is 0.481 e. The lowest BCUT2D eigenvalue weighted by molar-refractivity contribution is -0.132. The molecule has 0 N–H and O–H groups in total. The first kappa shape index (κ1) is 21.5. The molecule has 0 radical (unpaired) electrons. The Bertz CT molecular complexity index is 899. The van der Waals surface area contributed by atoms with E-state index >= 15 is 0 Å². The molecule has 2 amide bonds. The number of likely N-dealkylation sites (tertiary alicyclic amines) is 1. The third kappa shape index (κ3) is 4.87. The molecule has 1 atom stereocenters. The number of piperidine rings is 1. The third-order valence-corrected chi connectivity index (χ3v) is 5.14. The highest BCUT2D eigenvalue weighted by Gasteiger charge is 2.31. The van der Waals surface area contributed by atoms with Crippen LogP contribution in [0, 0.1) is 6.92 Å². The van der Waals surface area contributed by atoms with Crippen molar-refractivity contribution in [3.05, 3.63) is 29.4 Å². The number of amides is 2. The van der Waals surface area contributed by atoms with Gasteiger partial charge in [0.05, 0.1) is 14.2 Å². The lowest BCUT2D eigenvalue weighted by Gasteiger charge is -2.39. The lowest BCUT2D eigenvalue weighted by atomic mass is 10.0. The molecule has 0 bridgehead atoms. The number of aryl methyl sites for hydroxylation is 1. The molecule has 2 aromatic rings. The summed E-state index contributed by atoms with van der Waals surface area (Å²) in [6, 6.07) is 3.20. The summed E-state index contributed by atoms with van der Waals surface area (Å²) in [7, 11) is 2.97. The average molecular weight is 417 g/mol. The van der Waals surface area contributed by atoms with Crippen molar-refractivity contribution < 1.29 is 23.6 Å². The van der Waals surface area contributed by atoms with Gasteiger partial charge in [-0.3, -0.25) is 9.59 Å². The van der Waals surface area contributed by atoms with Gasteiger partial charge in [0, 0.05) is 52.0 Å². The van der Waals surface area contributed by atoms with Gasteiger partial charge in [0.2, 0.25) is 23.6 Å². The number of hydrogen-bond acceptors (Lipinski definition) is 8. The normalized spacial score (nSPS) is 16.3. The maximum atomic E-state index is 13.1. The van der Waals surface area contributed by atoms with Crippen LogP contribution in [0.1, 0.15) is 41.8 Å². The number of rotatable bonds is 7. The molecular formula is C20H27N5O5. The zero-order chi connectivity index (χ0) is 21.7. The molecule has 0 spiro atoms. The standard InChI is InChI=1S/C20H27N5O5/c1-13-21-17(23-30-13)9-11-25(14(2)26)15-6-5-10-24(12-15)20(27)16-7-8-18(28-3)22-19(16)29-4/h7-8,15H,5-6,9-12H2,1-4H3. The van der Waals surface area contributed by atoms with Crippen molar-refractivity contribution in [3.63, 3.8) is 0 Å². The van der Waals surface area contributed by atoms with Crippen molar-refractivity contribution in [1.82, 2.24) is 24.9 Å². The summed E-state index contributed by atoms with van der Waals surface area (Å²) in [5.74, 6) is 1.44. The van der Waals surface area contributed by atoms with E-state index in [4.69, 9.17) is 14.0 Å². The van der Waals surface area contributed by atoms with Crippen LogP contribution in [0.2, 0.25) is 0 Å². The Labute approximate surface area is 175 Å². The molecule has 10 heteroatoms. The first-order chi connectivity index (χ1) is 14.4. The van der Waals surface area contributed by atoms with Gasteiger partial charge in [-0.1, -0.05) is 5.16 Å². The van der Waals surface area contributed by atoms with Crippen LogP contribution in [0.4, 0.5) is 0 Å². The highest BCUT2D eigenvalue weighted by Crippen LogP contribution is 2.24. The Kier molecular flexibility index (Phi) is 6.86. The number of nitrogens with zero attached hydrogens (tertiary/aromatic N) is 5. The molecule has 1 fully saturated rings. The van der Waals surface area contributed by atoms with E-state index in [1.807, 2.05) is 0 Å². The third-order valence-electron chi connectivity index (χ3n) is 5.14. The van der Waals surface area contributed by atoms with Crippen molar-refractivity contribution >= 4 is 11.8 Å². The quantitative estimate of drug-likeness (QED) is 0.666. The number of ether oxygens (including phenoxy) is 2. The Morgan fingerprint density at radius 3 is 2.70 bits per heavy atom. The van der Waals surface area contributed by atoms with Gasteiger partial charge >= 0.3 is 0 Å². The smallest absolute Gasteiger partial charge is 0.259 e. The van der Waals surface area contributed by atoms with Crippen LogP contribution < -0.4 is 9.47 Å². The molecule has 0 aromatic carbocycles. The minimum atomic E-state index is -0.177. The molecule has 30 heavy (non-hydrogen) atoms. The predicted octanol–water partition coefficient (Wildman–Crippen LogP) is 1.49. The van der Waals surface area contributed by atoms with E-state index in [1.165, 1.54) is 14.2 Å². The maximum absolute atomic E-state index is 13.1. The van der Waals surface area contributed by atoms with Gasteiger partial charge in [0.25, 0.3) is 5.91 Å². The molecule has 1 aliphatic heterocycles. The Balaban J connectivity index is 1.71. The van der Waals surface area contributed by atoms with Crippen molar-refractivity contribution in [3.8, 4) is 11.8 Å². The zero-order valence-electron chi connectivity index (χ0n) is 17.8. The summed E-state index contributed by atoms with van der Waals surface area (Å²) in [5, 5.41) is 3.89. The van der Waals surface area contributed by atoms with Crippen LogP contribution in [0.15, 0.2) is 16.7 Å². The highest BCUT2D eigenvalue weighted by molar-refractivity contribution is 5.96. The number of carbonyl (C=O) groups is 2. The average Bonchev–Trinajstić information content (AvgIpc) is 3.17. The molecule has 1 unspecified atom stereocenters. The highest BCUT2D eigenvalue weighted by atomic mass is 16.5. The molecule has 2 aromatic heterocycles. The van der Waals surface area contributed by atoms with Crippen molar-refractivity contribution in [2.24, 2.45) is 0 Å². The minimum Gasteiger partial charge on any atom is -0.481 e. The fourth-order valence-corrected chi connectivity index (χ4v) is 3.68. The SMILES string of the molecule is COc1ccc(C(=O)N2CCCC(N(CCc3noc(C)n3)C(C)=O)C2)c(OC)n1. The molecule has 10 nitrogen and oxygen atoms in total. The fraction of sp³-hybridized carbons (Fsp3) is 0.550. The van der Waals surface area contributed by atoms with E-state index in [1.54, 1.807) is 35.8 Å². The van der Waals surface area contributed by atoms with Crippen LogP contribution >= 0.6 is 0 Å². The van der Waals surface area contributed by atoms with Crippen molar-refractivity contribution in [2.45, 2.75) is 39.2 Å². The van der Waals surface area contributed by atoms with Crippen LogP contribution in [0.5, 0.6) is 11.8 Å². The first-order valence-corrected chi connectivity index (χ1v) is 9.87. The van der Waals surface area contributed by atoms with Gasteiger partial charge in [0.1, 0.15) is 5.56 Å². The predicted molar refractivity (Wildman–Crippen MR) is 106 cm³/mol. The van der Waals surface area contributed by atoms with E-state index in [0.29, 0.717) is 49.2 Å². The summed E-state index contributed by atoms with van der Waals surface area (Å²) < 4.78 is 15.4. The van der Waals surface area contributed by atoms with Crippen molar-refractivity contribution in [2.75, 3.05) is 33.9 Å². The van der Waals surface area contributed by atoms with Crippen LogP contribution in [-0.4, -0.2) is 76.6 Å². The molecule has 1 saturated heterocycles. The molecule has 3 heterocycles. The number of carbonyl (C=O) groups excluding carboxylic acids is 2. The zero-order valence-corrected chi connectivity index (χ0v) is 17.8. The van der Waals surface area contributed by atoms with E-state index in [2.05, 4.69) is 15.1 Å². The topological polar surface area (TPSA) is 111 Å². The first-order valence-electron chi connectivity index (χ1n) is 9.87. The molecule has 1 aliphatic rings. The lowest BCUT2D eigenvalue weighted by Crippen LogP contribution is -2.51. The molecule has 3 rings (SSSR count). The van der Waals surface area contributed by atoms with Gasteiger partial charge in [-0.15, -0.1) is 0 Å². The number of pyridine rings is 1. The summed E-state index contributed by atoms with van der Waals surface area (Å²) in [6.07, 6.45) is 2.12. The second kappa shape index (κ2) is 9.55. The summed E-state index contributed by atoms with van der Waals surface area (Å²) in [6.45, 7) is 4.79. The number of hydrogen-bond donors (Lipinski definition) is 0. The number of aromatic nitrogens is 3. The van der Waals surface area contributed by atoms with Gasteiger partial charge in [-0.25, -0.2) is 0 Å². The Hall–Kier alpha value is -3.17. The molecule has 162 valence electrons. The molecule has 0 saturated carbocycles. The molecule has 0 aliphatic carbocycles. The van der Waals surface area contributed by atoms with Crippen molar-refractivity contribution in [1.29, 1.82) is 0 Å². The summed E-state index contributed by atoms with van der Waals surface area (Å²) in [5.41, 5.74) is 0.371. The fourth-order valence-electron chi connectivity index (χ4n) is 3.68. The van der Waals surface area contributed by atoms with Crippen LogP contribution in [0.3, 0.4) is 0 Å². The van der Waals surface area contributed by atoms with E-state index in [-0.39, 0.29) is 23.7 Å². The van der Waals surface area contributed by atoms with E-state index < -0.39 is 0 Å². The van der Waals surface area contributed by atoms with E-state index in [0.717, 1.165) is 12.8 Å². The van der Waals surface area contributed by atoms with Gasteiger partial charge in [0.15, 0.2) is 5.82 Å². The second-order valence-corrected chi connectivity index (χ2v) is 7.15. The van der Waals surface area contributed by atoms with Gasteiger partial charge in [-0.2, -0.15) is 9.97 Å². The van der Waals surface area contributed by atoms with Gasteiger partial charge in [-0.05, 0) is 18.9 Å². The summed E-state index contributed by atoms with van der Waals surface area (Å²) >= 11 is 0. The molecular weight excluding hydrogens is 390 g/mol. The Morgan fingerprint density at radius 2 is 2.07 bits per heavy atom. The second-order valence-electron chi connectivity index (χ2n) is 7.15.